The molecule has 4 N–H and O–H groups in total. The van der Waals surface area contributed by atoms with Crippen LogP contribution in [0.4, 0.5) is 0 Å². The number of hydrogen-bond acceptors (Lipinski definition) is 7. The third kappa shape index (κ3) is 12.1. The van der Waals surface area contributed by atoms with Crippen molar-refractivity contribution in [3.63, 3.8) is 0 Å². The van der Waals surface area contributed by atoms with Crippen LogP contribution in [0.3, 0.4) is 0 Å². The molecule has 0 unspecified atom stereocenters. The van der Waals surface area contributed by atoms with Crippen molar-refractivity contribution >= 4 is 34.9 Å². The van der Waals surface area contributed by atoms with Gasteiger partial charge in [0.15, 0.2) is 5.65 Å². The summed E-state index contributed by atoms with van der Waals surface area (Å²) in [6.07, 6.45) is 3.95. The van der Waals surface area contributed by atoms with E-state index in [1.807, 2.05) is 24.3 Å². The van der Waals surface area contributed by atoms with Gasteiger partial charge in [-0.2, -0.15) is 4.98 Å². The van der Waals surface area contributed by atoms with Crippen molar-refractivity contribution in [3.8, 4) is 5.88 Å². The van der Waals surface area contributed by atoms with Gasteiger partial charge >= 0.3 is 23.9 Å². The first-order valence-electron chi connectivity index (χ1n) is 7.19. The SMILES string of the molecule is COc1ccc2cccnc2n1.O=C(O)/C=C/C(=O)O.O=C(O)/C=C/C(=O)O. The lowest BCUT2D eigenvalue weighted by atomic mass is 10.3. The highest BCUT2D eigenvalue weighted by atomic mass is 16.5. The fourth-order valence-electron chi connectivity index (χ4n) is 1.33. The van der Waals surface area contributed by atoms with Gasteiger partial charge in [0.05, 0.1) is 7.11 Å². The Hall–Kier alpha value is -4.28. The summed E-state index contributed by atoms with van der Waals surface area (Å²) >= 11 is 0. The summed E-state index contributed by atoms with van der Waals surface area (Å²) in [5.41, 5.74) is 0.719. The summed E-state index contributed by atoms with van der Waals surface area (Å²) in [4.78, 5) is 46.5. The number of aromatic nitrogens is 2. The van der Waals surface area contributed by atoms with E-state index in [4.69, 9.17) is 25.2 Å². The zero-order valence-corrected chi connectivity index (χ0v) is 14.4. The molecule has 11 nitrogen and oxygen atoms in total. The molecule has 0 aromatic carbocycles. The molecule has 0 saturated carbocycles. The van der Waals surface area contributed by atoms with Gasteiger partial charge in [0.25, 0.3) is 0 Å². The molecule has 2 aromatic rings. The number of hydrogen-bond donors (Lipinski definition) is 4. The van der Waals surface area contributed by atoms with Crippen molar-refractivity contribution in [2.24, 2.45) is 0 Å². The van der Waals surface area contributed by atoms with Crippen LogP contribution in [0.25, 0.3) is 11.0 Å². The molecule has 0 fully saturated rings. The Morgan fingerprint density at radius 3 is 1.68 bits per heavy atom. The Morgan fingerprint density at radius 1 is 0.821 bits per heavy atom. The van der Waals surface area contributed by atoms with Crippen molar-refractivity contribution < 1.29 is 44.3 Å². The fourth-order valence-corrected chi connectivity index (χ4v) is 1.33. The van der Waals surface area contributed by atoms with Crippen LogP contribution in [-0.4, -0.2) is 61.4 Å². The van der Waals surface area contributed by atoms with Crippen molar-refractivity contribution in [1.29, 1.82) is 0 Å². The van der Waals surface area contributed by atoms with Gasteiger partial charge in [-0.1, -0.05) is 0 Å². The van der Waals surface area contributed by atoms with E-state index in [1.54, 1.807) is 13.3 Å². The molecule has 0 saturated heterocycles. The van der Waals surface area contributed by atoms with Gasteiger partial charge in [-0.25, -0.2) is 24.2 Å². The zero-order chi connectivity index (χ0) is 21.5. The second-order valence-electron chi connectivity index (χ2n) is 4.42. The average molecular weight is 392 g/mol. The van der Waals surface area contributed by atoms with Gasteiger partial charge in [0.2, 0.25) is 5.88 Å². The topological polar surface area (TPSA) is 184 Å². The Balaban J connectivity index is 0.000000408. The molecule has 11 heteroatoms. The predicted molar refractivity (Wildman–Crippen MR) is 94.9 cm³/mol. The fraction of sp³-hybridized carbons (Fsp3) is 0.0588. The molecule has 2 aromatic heterocycles. The summed E-state index contributed by atoms with van der Waals surface area (Å²) in [6, 6.07) is 7.61. The van der Waals surface area contributed by atoms with E-state index in [2.05, 4.69) is 9.97 Å². The highest BCUT2D eigenvalue weighted by Crippen LogP contribution is 2.12. The maximum absolute atomic E-state index is 9.55. The minimum absolute atomic E-state index is 0.558. The lowest BCUT2D eigenvalue weighted by molar-refractivity contribution is -0.134. The van der Waals surface area contributed by atoms with E-state index in [0.29, 0.717) is 30.2 Å². The van der Waals surface area contributed by atoms with Gasteiger partial charge in [-0.3, -0.25) is 0 Å². The number of rotatable bonds is 5. The van der Waals surface area contributed by atoms with Crippen molar-refractivity contribution in [2.45, 2.75) is 0 Å². The molecule has 2 heterocycles. The van der Waals surface area contributed by atoms with Crippen LogP contribution >= 0.6 is 0 Å². The van der Waals surface area contributed by atoms with Gasteiger partial charge in [0, 0.05) is 42.0 Å². The summed E-state index contributed by atoms with van der Waals surface area (Å²) in [5, 5.41) is 32.3. The van der Waals surface area contributed by atoms with E-state index in [1.165, 1.54) is 0 Å². The van der Waals surface area contributed by atoms with Crippen LogP contribution < -0.4 is 4.74 Å². The number of fused-ring (bicyclic) bond motifs is 1. The molecule has 0 atom stereocenters. The zero-order valence-electron chi connectivity index (χ0n) is 14.4. The Labute approximate surface area is 157 Å². The summed E-state index contributed by atoms with van der Waals surface area (Å²) in [6.45, 7) is 0. The van der Waals surface area contributed by atoms with Crippen LogP contribution in [0.1, 0.15) is 0 Å². The smallest absolute Gasteiger partial charge is 0.328 e. The van der Waals surface area contributed by atoms with Gasteiger partial charge < -0.3 is 25.2 Å². The number of aliphatic carboxylic acids is 4. The third-order valence-electron chi connectivity index (χ3n) is 2.38. The molecule has 28 heavy (non-hydrogen) atoms. The minimum atomic E-state index is -1.26. The summed E-state index contributed by atoms with van der Waals surface area (Å²) in [7, 11) is 1.59. The van der Waals surface area contributed by atoms with E-state index in [9.17, 15) is 19.2 Å². The second-order valence-corrected chi connectivity index (χ2v) is 4.42. The van der Waals surface area contributed by atoms with Gasteiger partial charge in [-0.15, -0.1) is 0 Å². The van der Waals surface area contributed by atoms with Crippen LogP contribution in [-0.2, 0) is 19.2 Å². The monoisotopic (exact) mass is 392 g/mol. The molecule has 0 spiro atoms. The largest absolute Gasteiger partial charge is 0.481 e. The number of ether oxygens (including phenoxy) is 1. The first kappa shape index (κ1) is 23.7. The molecule has 0 aliphatic heterocycles. The highest BCUT2D eigenvalue weighted by molar-refractivity contribution is 5.90. The molecular formula is C17H16N2O9. The Morgan fingerprint density at radius 2 is 1.29 bits per heavy atom. The first-order valence-corrected chi connectivity index (χ1v) is 7.19. The highest BCUT2D eigenvalue weighted by Gasteiger charge is 1.96. The summed E-state index contributed by atoms with van der Waals surface area (Å²) < 4.78 is 4.97. The summed E-state index contributed by atoms with van der Waals surface area (Å²) in [5.74, 6) is -4.43. The van der Waals surface area contributed by atoms with Crippen LogP contribution in [0.5, 0.6) is 5.88 Å². The van der Waals surface area contributed by atoms with Gasteiger partial charge in [-0.05, 0) is 18.2 Å². The molecule has 0 aliphatic carbocycles. The average Bonchev–Trinajstić information content (AvgIpc) is 2.65. The number of nitrogens with zero attached hydrogens (tertiary/aromatic N) is 2. The maximum Gasteiger partial charge on any atom is 0.328 e. The second kappa shape index (κ2) is 13.0. The molecule has 148 valence electrons. The molecule has 0 aliphatic rings. The van der Waals surface area contributed by atoms with Crippen molar-refractivity contribution in [3.05, 3.63) is 54.8 Å². The lowest BCUT2D eigenvalue weighted by Crippen LogP contribution is -1.91. The molecule has 0 bridgehead atoms. The normalized spacial score (nSPS) is 9.75. The third-order valence-corrected chi connectivity index (χ3v) is 2.38. The lowest BCUT2D eigenvalue weighted by Gasteiger charge is -1.98. The van der Waals surface area contributed by atoms with E-state index >= 15 is 0 Å². The number of carbonyl (C=O) groups is 4. The number of carboxylic acids is 4. The molecule has 0 radical (unpaired) electrons. The molecule has 2 rings (SSSR count). The molecule has 0 amide bonds. The number of pyridine rings is 2. The van der Waals surface area contributed by atoms with Crippen LogP contribution in [0, 0.1) is 0 Å². The quantitative estimate of drug-likeness (QED) is 0.533. The Kier molecular flexibility index (Phi) is 11.0. The number of carboxylic acid groups (broad SMARTS) is 4. The molecular weight excluding hydrogens is 376 g/mol. The standard InChI is InChI=1S/C9H8N2O.2C4H4O4/c1-12-8-5-4-7-3-2-6-10-9(7)11-8;2*5-3(6)1-2-4(7)8/h2-6H,1H3;2*1-2H,(H,5,6)(H,7,8)/b;2*2-1+. The first-order chi connectivity index (χ1) is 13.1. The van der Waals surface area contributed by atoms with Gasteiger partial charge in [0.1, 0.15) is 0 Å². The van der Waals surface area contributed by atoms with Crippen molar-refractivity contribution in [2.75, 3.05) is 7.11 Å². The Bertz CT molecular complexity index is 825. The minimum Gasteiger partial charge on any atom is -0.481 e. The van der Waals surface area contributed by atoms with E-state index in [0.717, 1.165) is 11.0 Å². The van der Waals surface area contributed by atoms with E-state index < -0.39 is 23.9 Å². The van der Waals surface area contributed by atoms with Crippen molar-refractivity contribution in [1.82, 2.24) is 9.97 Å². The predicted octanol–water partition coefficient (Wildman–Crippen LogP) is 1.06. The van der Waals surface area contributed by atoms with Crippen LogP contribution in [0.15, 0.2) is 54.8 Å². The number of methoxy groups -OCH3 is 1. The van der Waals surface area contributed by atoms with Crippen LogP contribution in [0.2, 0.25) is 0 Å². The van der Waals surface area contributed by atoms with E-state index in [-0.39, 0.29) is 0 Å². The maximum atomic E-state index is 9.55.